The molecule has 0 unspecified atom stereocenters. The van der Waals surface area contributed by atoms with Crippen molar-refractivity contribution in [3.63, 3.8) is 0 Å². The number of nitrogens with zero attached hydrogens (tertiary/aromatic N) is 2. The summed E-state index contributed by atoms with van der Waals surface area (Å²) in [5.74, 6) is 1.40. The molecule has 27 heavy (non-hydrogen) atoms. The monoisotopic (exact) mass is 395 g/mol. The zero-order valence-corrected chi connectivity index (χ0v) is 16.8. The number of anilines is 2. The van der Waals surface area contributed by atoms with Gasteiger partial charge >= 0.3 is 0 Å². The van der Waals surface area contributed by atoms with Crippen molar-refractivity contribution in [2.24, 2.45) is 0 Å². The van der Waals surface area contributed by atoms with E-state index in [9.17, 15) is 0 Å². The van der Waals surface area contributed by atoms with Crippen LogP contribution in [0, 0.1) is 13.8 Å². The number of fused-ring (bicyclic) bond motifs is 1. The molecule has 2 heterocycles. The Morgan fingerprint density at radius 3 is 2.63 bits per heavy atom. The van der Waals surface area contributed by atoms with Gasteiger partial charge in [0.1, 0.15) is 22.7 Å². The fourth-order valence-corrected chi connectivity index (χ4v) is 4.33. The minimum atomic E-state index is 0.549. The van der Waals surface area contributed by atoms with Gasteiger partial charge < -0.3 is 10.1 Å². The zero-order valence-electron chi connectivity index (χ0n) is 15.2. The van der Waals surface area contributed by atoms with E-state index >= 15 is 0 Å². The molecule has 0 aliphatic carbocycles. The third-order valence-electron chi connectivity index (χ3n) is 4.46. The molecular weight excluding hydrogens is 378 g/mol. The van der Waals surface area contributed by atoms with Gasteiger partial charge in [0.15, 0.2) is 0 Å². The van der Waals surface area contributed by atoms with Gasteiger partial charge in [-0.05, 0) is 43.2 Å². The number of ether oxygens (including phenoxy) is 1. The van der Waals surface area contributed by atoms with E-state index in [4.69, 9.17) is 16.3 Å². The van der Waals surface area contributed by atoms with Gasteiger partial charge in [0.25, 0.3) is 0 Å². The molecule has 136 valence electrons. The summed E-state index contributed by atoms with van der Waals surface area (Å²) in [6.07, 6.45) is 1.58. The highest BCUT2D eigenvalue weighted by atomic mass is 35.5. The molecular formula is C21H18ClN3OS. The van der Waals surface area contributed by atoms with E-state index in [-0.39, 0.29) is 0 Å². The molecule has 2 aromatic carbocycles. The highest BCUT2D eigenvalue weighted by molar-refractivity contribution is 7.17. The van der Waals surface area contributed by atoms with Crippen LogP contribution in [0.25, 0.3) is 21.3 Å². The largest absolute Gasteiger partial charge is 0.495 e. The van der Waals surface area contributed by atoms with E-state index in [2.05, 4.69) is 52.7 Å². The van der Waals surface area contributed by atoms with Gasteiger partial charge in [-0.25, -0.2) is 9.97 Å². The van der Waals surface area contributed by atoms with Crippen molar-refractivity contribution < 1.29 is 4.74 Å². The van der Waals surface area contributed by atoms with Gasteiger partial charge in [-0.3, -0.25) is 0 Å². The second-order valence-corrected chi connectivity index (χ2v) is 7.61. The molecule has 0 radical (unpaired) electrons. The number of benzene rings is 2. The van der Waals surface area contributed by atoms with E-state index < -0.39 is 0 Å². The zero-order chi connectivity index (χ0) is 19.0. The van der Waals surface area contributed by atoms with Crippen LogP contribution in [-0.2, 0) is 0 Å². The van der Waals surface area contributed by atoms with Crippen LogP contribution < -0.4 is 10.1 Å². The summed E-state index contributed by atoms with van der Waals surface area (Å²) in [5.41, 5.74) is 5.65. The van der Waals surface area contributed by atoms with Crippen LogP contribution in [0.2, 0.25) is 5.02 Å². The van der Waals surface area contributed by atoms with E-state index in [0.717, 1.165) is 27.3 Å². The minimum Gasteiger partial charge on any atom is -0.495 e. The lowest BCUT2D eigenvalue weighted by atomic mass is 9.99. The van der Waals surface area contributed by atoms with Crippen LogP contribution in [-0.4, -0.2) is 17.1 Å². The number of rotatable bonds is 4. The van der Waals surface area contributed by atoms with Crippen LogP contribution in [0.3, 0.4) is 0 Å². The first kappa shape index (κ1) is 17.8. The molecule has 4 rings (SSSR count). The van der Waals surface area contributed by atoms with Crippen molar-refractivity contribution in [2.45, 2.75) is 13.8 Å². The summed E-state index contributed by atoms with van der Waals surface area (Å²) < 4.78 is 5.22. The third kappa shape index (κ3) is 3.36. The molecule has 0 saturated carbocycles. The van der Waals surface area contributed by atoms with Crippen LogP contribution in [0.5, 0.6) is 5.75 Å². The minimum absolute atomic E-state index is 0.549. The Morgan fingerprint density at radius 1 is 1.04 bits per heavy atom. The first-order valence-electron chi connectivity index (χ1n) is 8.47. The van der Waals surface area contributed by atoms with Crippen molar-refractivity contribution in [3.05, 3.63) is 64.3 Å². The molecule has 2 aromatic heterocycles. The maximum Gasteiger partial charge on any atom is 0.143 e. The first-order valence-corrected chi connectivity index (χ1v) is 9.73. The fourth-order valence-electron chi connectivity index (χ4n) is 3.16. The Kier molecular flexibility index (Phi) is 4.72. The van der Waals surface area contributed by atoms with Crippen LogP contribution in [0.1, 0.15) is 11.1 Å². The Bertz CT molecular complexity index is 1140. The predicted octanol–water partition coefficient (Wildman–Crippen LogP) is 6.38. The lowest BCUT2D eigenvalue weighted by Crippen LogP contribution is -1.96. The molecule has 6 heteroatoms. The lowest BCUT2D eigenvalue weighted by molar-refractivity contribution is 0.415. The van der Waals surface area contributed by atoms with E-state index in [1.165, 1.54) is 16.7 Å². The Labute approximate surface area is 166 Å². The number of methoxy groups -OCH3 is 1. The number of hydrogen-bond acceptors (Lipinski definition) is 5. The van der Waals surface area contributed by atoms with Crippen LogP contribution in [0.15, 0.2) is 48.1 Å². The van der Waals surface area contributed by atoms with Gasteiger partial charge in [0.05, 0.1) is 17.5 Å². The van der Waals surface area contributed by atoms with E-state index in [1.54, 1.807) is 24.8 Å². The second kappa shape index (κ2) is 7.18. The summed E-state index contributed by atoms with van der Waals surface area (Å²) >= 11 is 7.88. The lowest BCUT2D eigenvalue weighted by Gasteiger charge is -2.11. The molecule has 1 N–H and O–H groups in total. The Morgan fingerprint density at radius 2 is 1.89 bits per heavy atom. The molecule has 0 atom stereocenters. The van der Waals surface area contributed by atoms with E-state index in [0.29, 0.717) is 10.8 Å². The second-order valence-electron chi connectivity index (χ2n) is 6.34. The maximum absolute atomic E-state index is 6.26. The molecule has 0 aliphatic rings. The maximum atomic E-state index is 6.26. The van der Waals surface area contributed by atoms with Gasteiger partial charge in [-0.1, -0.05) is 35.4 Å². The number of aryl methyl sites for hydroxylation is 2. The number of hydrogen-bond donors (Lipinski definition) is 1. The molecule has 0 saturated heterocycles. The fraction of sp³-hybridized carbons (Fsp3) is 0.143. The first-order chi connectivity index (χ1) is 13.1. The molecule has 0 spiro atoms. The average Bonchev–Trinajstić information content (AvgIpc) is 3.07. The summed E-state index contributed by atoms with van der Waals surface area (Å²) in [5, 5.41) is 7.09. The normalized spacial score (nSPS) is 11.0. The number of halogens is 1. The van der Waals surface area contributed by atoms with Crippen LogP contribution in [0.4, 0.5) is 11.5 Å². The number of thiophene rings is 1. The topological polar surface area (TPSA) is 47.0 Å². The molecule has 0 fully saturated rings. The van der Waals surface area contributed by atoms with Crippen molar-refractivity contribution in [2.75, 3.05) is 12.4 Å². The standard InChI is InChI=1S/C21H18ClN3OS/c1-12-4-6-15(13(2)8-12)16-10-27-21-19(16)20(23-11-24-21)25-14-5-7-18(26-3)17(22)9-14/h4-11H,1-3H3,(H,23,24,25). The van der Waals surface area contributed by atoms with Crippen LogP contribution >= 0.6 is 22.9 Å². The summed E-state index contributed by atoms with van der Waals surface area (Å²) in [6, 6.07) is 12.1. The number of aromatic nitrogens is 2. The van der Waals surface area contributed by atoms with Gasteiger partial charge in [-0.15, -0.1) is 11.3 Å². The SMILES string of the molecule is COc1ccc(Nc2ncnc3scc(-c4ccc(C)cc4C)c23)cc1Cl. The van der Waals surface area contributed by atoms with Crippen molar-refractivity contribution in [1.82, 2.24) is 9.97 Å². The van der Waals surface area contributed by atoms with Gasteiger partial charge in [-0.2, -0.15) is 0 Å². The summed E-state index contributed by atoms with van der Waals surface area (Å²) in [6.45, 7) is 4.23. The van der Waals surface area contributed by atoms with Crippen molar-refractivity contribution in [3.8, 4) is 16.9 Å². The van der Waals surface area contributed by atoms with Crippen molar-refractivity contribution >= 4 is 44.7 Å². The van der Waals surface area contributed by atoms with Gasteiger partial charge in [0.2, 0.25) is 0 Å². The van der Waals surface area contributed by atoms with E-state index in [1.807, 2.05) is 18.2 Å². The Balaban J connectivity index is 1.82. The number of nitrogens with one attached hydrogen (secondary N) is 1. The smallest absolute Gasteiger partial charge is 0.143 e. The highest BCUT2D eigenvalue weighted by Gasteiger charge is 2.15. The summed E-state index contributed by atoms with van der Waals surface area (Å²) in [4.78, 5) is 9.88. The summed E-state index contributed by atoms with van der Waals surface area (Å²) in [7, 11) is 1.60. The predicted molar refractivity (Wildman–Crippen MR) is 114 cm³/mol. The Hall–Kier alpha value is -2.63. The van der Waals surface area contributed by atoms with Crippen molar-refractivity contribution in [1.29, 1.82) is 0 Å². The molecule has 4 aromatic rings. The van der Waals surface area contributed by atoms with Gasteiger partial charge in [0, 0.05) is 16.6 Å². The highest BCUT2D eigenvalue weighted by Crippen LogP contribution is 2.39. The quantitative estimate of drug-likeness (QED) is 0.435. The molecule has 0 bridgehead atoms. The molecule has 4 nitrogen and oxygen atoms in total. The molecule has 0 aliphatic heterocycles. The third-order valence-corrected chi connectivity index (χ3v) is 5.64. The molecule has 0 amide bonds. The average molecular weight is 396 g/mol.